The summed E-state index contributed by atoms with van der Waals surface area (Å²) in [4.78, 5) is 0. The molecule has 0 atom stereocenters. The van der Waals surface area contributed by atoms with Crippen molar-refractivity contribution in [1.82, 2.24) is 0 Å². The van der Waals surface area contributed by atoms with E-state index in [1.54, 1.807) is 5.56 Å². The average Bonchev–Trinajstić information content (AvgIpc) is 0.749. The molecule has 4 saturated carbocycles. The first-order valence-electron chi connectivity index (χ1n) is 51.2. The maximum absolute atomic E-state index is 8.91. The van der Waals surface area contributed by atoms with Crippen molar-refractivity contribution in [2.24, 2.45) is 49.9 Å². The van der Waals surface area contributed by atoms with E-state index < -0.39 is 0 Å². The van der Waals surface area contributed by atoms with Crippen LogP contribution in [0.4, 0.5) is 0 Å². The lowest BCUT2D eigenvalue weighted by Crippen LogP contribution is -2.35. The van der Waals surface area contributed by atoms with E-state index in [2.05, 4.69) is 337 Å². The molecule has 9 aromatic carbocycles. The van der Waals surface area contributed by atoms with Gasteiger partial charge in [0.15, 0.2) is 23.3 Å². The van der Waals surface area contributed by atoms with Crippen LogP contribution in [-0.2, 0) is 53.9 Å². The summed E-state index contributed by atoms with van der Waals surface area (Å²) in [5, 5.41) is 8.76. The topological polar surface area (TPSA) is 15.5 Å². The molecule has 0 unspecified atom stereocenters. The highest BCUT2D eigenvalue weighted by molar-refractivity contribution is 5.98. The Morgan fingerprint density at radius 1 is 0.294 bits per heavy atom. The van der Waals surface area contributed by atoms with Crippen LogP contribution in [0.15, 0.2) is 194 Å². The van der Waals surface area contributed by atoms with E-state index in [9.17, 15) is 0 Å². The van der Waals surface area contributed by atoms with Crippen LogP contribution >= 0.6 is 0 Å². The van der Waals surface area contributed by atoms with Crippen molar-refractivity contribution in [3.63, 3.8) is 0 Å². The molecule has 0 N–H and O–H groups in total. The van der Waals surface area contributed by atoms with E-state index in [0.717, 1.165) is 80.8 Å². The predicted molar refractivity (Wildman–Crippen MR) is 542 cm³/mol. The number of rotatable bonds is 13. The average molecular weight is 1680 g/mol. The Kier molecular flexibility index (Phi) is 26.8. The normalized spacial score (nSPS) is 16.0. The maximum atomic E-state index is 8.91. The van der Waals surface area contributed by atoms with E-state index in [1.165, 1.54) is 256 Å². The Morgan fingerprint density at radius 3 is 1.05 bits per heavy atom. The monoisotopic (exact) mass is 1680 g/mol. The van der Waals surface area contributed by atoms with Crippen LogP contribution in [0.1, 0.15) is 331 Å². The molecule has 660 valence electrons. The number of aromatic nitrogens is 4. The smallest absolute Gasteiger partial charge is 0.200 e. The van der Waals surface area contributed by atoms with Gasteiger partial charge in [-0.15, -0.1) is 0 Å². The number of hydrogen-bond acceptors (Lipinski definition) is 0. The first kappa shape index (κ1) is 86.0. The van der Waals surface area contributed by atoms with Crippen LogP contribution in [0.3, 0.4) is 0 Å². The Hall–Kier alpha value is -9.38. The van der Waals surface area contributed by atoms with Crippen LogP contribution in [0.2, 0.25) is 0 Å². The van der Waals surface area contributed by atoms with Crippen molar-refractivity contribution < 1.29 is 25.1 Å². The zero-order valence-corrected chi connectivity index (χ0v) is 82.2. The van der Waals surface area contributed by atoms with Gasteiger partial charge in [0, 0.05) is 50.5 Å². The highest BCUT2D eigenvalue weighted by Gasteiger charge is 2.32. The van der Waals surface area contributed by atoms with E-state index in [4.69, 9.17) is 6.85 Å². The van der Waals surface area contributed by atoms with Crippen LogP contribution in [0.25, 0.3) is 99.2 Å². The summed E-state index contributed by atoms with van der Waals surface area (Å²) in [5.74, 6) is 2.68. The van der Waals surface area contributed by atoms with E-state index in [1.807, 2.05) is 11.6 Å². The summed E-state index contributed by atoms with van der Waals surface area (Å²) in [5.41, 5.74) is 34.2. The minimum absolute atomic E-state index is 0.182. The molecule has 4 heterocycles. The Labute approximate surface area is 769 Å². The van der Waals surface area contributed by atoms with Crippen LogP contribution in [-0.4, -0.2) is 0 Å². The summed E-state index contributed by atoms with van der Waals surface area (Å²) < 4.78 is 53.0. The lowest BCUT2D eigenvalue weighted by atomic mass is 9.76. The van der Waals surface area contributed by atoms with Crippen molar-refractivity contribution in [1.29, 1.82) is 0 Å². The largest absolute Gasteiger partial charge is 0.220 e. The molecule has 4 aromatic heterocycles. The summed E-state index contributed by atoms with van der Waals surface area (Å²) in [6.07, 6.45) is 31.0. The molecule has 0 saturated heterocycles. The number of hydrogen-bond donors (Lipinski definition) is 0. The third-order valence-corrected chi connectivity index (χ3v) is 28.5. The molecular weight excluding hydrogens is 1520 g/mol. The number of nitrogens with zero attached hydrogens (tertiary/aromatic N) is 4. The van der Waals surface area contributed by atoms with Gasteiger partial charge in [0.05, 0.1) is 43.7 Å². The molecule has 0 amide bonds. The molecule has 0 radical (unpaired) electrons. The Morgan fingerprint density at radius 2 is 0.635 bits per heavy atom. The van der Waals surface area contributed by atoms with Gasteiger partial charge in [-0.2, -0.15) is 13.7 Å². The van der Waals surface area contributed by atoms with Crippen molar-refractivity contribution in [2.75, 3.05) is 0 Å². The number of benzene rings is 9. The van der Waals surface area contributed by atoms with Gasteiger partial charge in [-0.25, -0.2) is 4.57 Å². The van der Waals surface area contributed by atoms with E-state index in [0.29, 0.717) is 54.0 Å². The summed E-state index contributed by atoms with van der Waals surface area (Å²) >= 11 is 0. The molecule has 0 bridgehead atoms. The Balaban J connectivity index is 0.000000141. The SMILES string of the molecule is [2H]c1c(C)[n+](C)c(-c2cc(-c3ccccc3)ccc2C)c2ccc(CC(C)(C)C)cc12.[2H]c1c(C)[n+](C)c(-c2cc(C3CCCCC3)cc(C)c2C)c2ccc(CC(C)(C)C)cc12.[2H]c1c(C)[n+](C)c(-c2cc(C3CCCCC3)ccc2C)c2ccc(CC(C)(C)C)cc12.[2H]c1c([2H])[n+](C)c(-c2cc(C3CCCCC3)cc(C3CCCCC3)c2C)c2ccc(CC(C)(C)C)cc12. The van der Waals surface area contributed by atoms with Gasteiger partial charge in [-0.1, -0.05) is 275 Å². The van der Waals surface area contributed by atoms with E-state index in [-0.39, 0.29) is 21.7 Å². The molecule has 4 heteroatoms. The van der Waals surface area contributed by atoms with Crippen LogP contribution in [0.5, 0.6) is 0 Å². The van der Waals surface area contributed by atoms with Gasteiger partial charge >= 0.3 is 0 Å². The molecule has 4 aliphatic rings. The Bertz CT molecular complexity index is 6370. The number of aryl methyl sites for hydroxylation is 3. The molecule has 4 nitrogen and oxygen atoms in total. The zero-order valence-electron chi connectivity index (χ0n) is 87.2. The van der Waals surface area contributed by atoms with Crippen LogP contribution < -0.4 is 18.3 Å². The quantitative estimate of drug-likeness (QED) is 0.102. The second-order valence-electron chi connectivity index (χ2n) is 44.1. The maximum Gasteiger partial charge on any atom is 0.220 e. The first-order valence-corrected chi connectivity index (χ1v) is 48.7. The molecule has 0 spiro atoms. The lowest BCUT2D eigenvalue weighted by Gasteiger charge is -2.28. The predicted octanol–water partition coefficient (Wildman–Crippen LogP) is 32.0. The standard InChI is InChI=1S/C34H46N.C30H40N.C29H38N.C29H32N/c1-24-31(27-14-10-7-11-15-27)21-29(26-12-8-6-9-13-26)22-32(24)33-30-17-16-25(23-34(2,3)4)20-28(30)18-19-35(33)5;1-20-15-25(24-11-9-8-10-12-24)18-28(22(20)3)29-27-14-13-23(19-30(4,5)6)17-26(27)16-21(2)31(29)7;2*1-20-12-14-24(23-10-8-7-9-11-23)18-27(20)28-26-15-13-22(19-29(3,4)5)17-25(26)16-21(2)30(28)6/h16-22,26-27H,6-15,23H2,1-5H3;13-18,24H,8-12,19H2,1-7H3;12-18,23H,7-11,19H2,1-6H3;7-18H,19H2,1-6H3/q4*+1/i18D,19D;3*16D. The molecule has 0 aliphatic heterocycles. The number of pyridine rings is 4. The second-order valence-corrected chi connectivity index (χ2v) is 44.1. The molecule has 126 heavy (non-hydrogen) atoms. The highest BCUT2D eigenvalue weighted by Crippen LogP contribution is 2.46. The minimum Gasteiger partial charge on any atom is -0.200 e. The minimum atomic E-state index is 0.182. The van der Waals surface area contributed by atoms with Crippen molar-refractivity contribution >= 4 is 43.1 Å². The third-order valence-electron chi connectivity index (χ3n) is 28.5. The third kappa shape index (κ3) is 22.3. The zero-order chi connectivity index (χ0) is 94.2. The second kappa shape index (κ2) is 39.3. The number of fused-ring (bicyclic) bond motifs is 4. The van der Waals surface area contributed by atoms with Gasteiger partial charge in [-0.3, -0.25) is 0 Å². The van der Waals surface area contributed by atoms with Crippen molar-refractivity contribution in [2.45, 2.75) is 316 Å². The highest BCUT2D eigenvalue weighted by atomic mass is 15.0. The molecular formula is C122H156N4+4. The lowest BCUT2D eigenvalue weighted by molar-refractivity contribution is -0.665. The van der Waals surface area contributed by atoms with Crippen LogP contribution in [0, 0.1) is 77.0 Å². The first-order chi connectivity index (χ1) is 62.0. The summed E-state index contributed by atoms with van der Waals surface area (Å²) in [7, 11) is 8.33. The summed E-state index contributed by atoms with van der Waals surface area (Å²) in [6.45, 7) is 44.7. The summed E-state index contributed by atoms with van der Waals surface area (Å²) in [6, 6.07) is 63.5. The molecule has 4 aliphatic carbocycles. The molecule has 13 aromatic rings. The van der Waals surface area contributed by atoms with Gasteiger partial charge in [0.2, 0.25) is 22.8 Å². The fourth-order valence-corrected chi connectivity index (χ4v) is 21.7. The van der Waals surface area contributed by atoms with Crippen molar-refractivity contribution in [3.05, 3.63) is 284 Å². The molecule has 17 rings (SSSR count). The fraction of sp³-hybridized carbons (Fsp3) is 0.459. The van der Waals surface area contributed by atoms with Crippen molar-refractivity contribution in [3.8, 4) is 56.2 Å². The molecule has 4 fully saturated rings. The van der Waals surface area contributed by atoms with Gasteiger partial charge in [0.25, 0.3) is 0 Å². The van der Waals surface area contributed by atoms with E-state index >= 15 is 0 Å². The van der Waals surface area contributed by atoms with Gasteiger partial charge < -0.3 is 0 Å². The van der Waals surface area contributed by atoms with Gasteiger partial charge in [0.1, 0.15) is 29.6 Å². The fourth-order valence-electron chi connectivity index (χ4n) is 21.7. The van der Waals surface area contributed by atoms with Gasteiger partial charge in [-0.05, 0) is 311 Å².